The van der Waals surface area contributed by atoms with E-state index in [-0.39, 0.29) is 6.04 Å². The first-order valence-electron chi connectivity index (χ1n) is 6.09. The Morgan fingerprint density at radius 2 is 2.07 bits per heavy atom. The SMILES string of the molecule is CCC(C(N)=S)N(C)C1CCCCC1C. The summed E-state index contributed by atoms with van der Waals surface area (Å²) in [6.45, 7) is 4.51. The van der Waals surface area contributed by atoms with E-state index in [1.165, 1.54) is 25.7 Å². The smallest absolute Gasteiger partial charge is 0.0901 e. The highest BCUT2D eigenvalue weighted by molar-refractivity contribution is 7.80. The second-order valence-electron chi connectivity index (χ2n) is 4.82. The lowest BCUT2D eigenvalue weighted by atomic mass is 9.84. The molecule has 0 aromatic carbocycles. The highest BCUT2D eigenvalue weighted by atomic mass is 32.1. The van der Waals surface area contributed by atoms with Gasteiger partial charge >= 0.3 is 0 Å². The molecule has 3 heteroatoms. The van der Waals surface area contributed by atoms with Crippen LogP contribution in [0.5, 0.6) is 0 Å². The van der Waals surface area contributed by atoms with Gasteiger partial charge in [0.05, 0.1) is 11.0 Å². The first kappa shape index (κ1) is 12.9. The van der Waals surface area contributed by atoms with Gasteiger partial charge in [-0.25, -0.2) is 0 Å². The van der Waals surface area contributed by atoms with E-state index in [4.69, 9.17) is 18.0 Å². The van der Waals surface area contributed by atoms with Crippen molar-refractivity contribution < 1.29 is 0 Å². The molecule has 0 aromatic heterocycles. The van der Waals surface area contributed by atoms with Gasteiger partial charge in [-0.2, -0.15) is 0 Å². The molecule has 15 heavy (non-hydrogen) atoms. The second kappa shape index (κ2) is 5.80. The average molecular weight is 228 g/mol. The zero-order valence-corrected chi connectivity index (χ0v) is 11.0. The van der Waals surface area contributed by atoms with Gasteiger partial charge in [0.2, 0.25) is 0 Å². The molecule has 1 aliphatic rings. The molecule has 1 rings (SSSR count). The molecule has 88 valence electrons. The summed E-state index contributed by atoms with van der Waals surface area (Å²) in [5.41, 5.74) is 5.79. The average Bonchev–Trinajstić information content (AvgIpc) is 2.18. The molecule has 1 fully saturated rings. The van der Waals surface area contributed by atoms with Gasteiger partial charge in [-0.3, -0.25) is 4.90 Å². The van der Waals surface area contributed by atoms with Gasteiger partial charge in [-0.1, -0.05) is 38.9 Å². The minimum Gasteiger partial charge on any atom is -0.392 e. The Morgan fingerprint density at radius 1 is 1.47 bits per heavy atom. The van der Waals surface area contributed by atoms with Gasteiger partial charge in [-0.05, 0) is 32.2 Å². The third-order valence-corrected chi connectivity index (χ3v) is 4.07. The molecule has 0 spiro atoms. The van der Waals surface area contributed by atoms with E-state index >= 15 is 0 Å². The summed E-state index contributed by atoms with van der Waals surface area (Å²) in [6.07, 6.45) is 6.41. The van der Waals surface area contributed by atoms with Crippen molar-refractivity contribution in [3.63, 3.8) is 0 Å². The van der Waals surface area contributed by atoms with Crippen LogP contribution in [0.15, 0.2) is 0 Å². The molecule has 2 N–H and O–H groups in total. The van der Waals surface area contributed by atoms with Crippen molar-refractivity contribution in [3.05, 3.63) is 0 Å². The Hall–Kier alpha value is -0.150. The molecule has 0 aromatic rings. The molecule has 0 radical (unpaired) electrons. The van der Waals surface area contributed by atoms with Crippen LogP contribution >= 0.6 is 12.2 Å². The number of likely N-dealkylation sites (N-methyl/N-ethyl adjacent to an activating group) is 1. The fourth-order valence-corrected chi connectivity index (χ4v) is 3.16. The highest BCUT2D eigenvalue weighted by Gasteiger charge is 2.29. The van der Waals surface area contributed by atoms with Gasteiger partial charge in [-0.15, -0.1) is 0 Å². The molecular weight excluding hydrogens is 204 g/mol. The largest absolute Gasteiger partial charge is 0.392 e. The van der Waals surface area contributed by atoms with Crippen LogP contribution in [0, 0.1) is 5.92 Å². The summed E-state index contributed by atoms with van der Waals surface area (Å²) in [7, 11) is 2.18. The Balaban J connectivity index is 2.63. The standard InChI is InChI=1S/C12H24N2S/c1-4-10(12(13)15)14(3)11-8-6-5-7-9(11)2/h9-11H,4-8H2,1-3H3,(H2,13,15). The molecule has 0 aliphatic heterocycles. The Morgan fingerprint density at radius 3 is 2.53 bits per heavy atom. The summed E-state index contributed by atoms with van der Waals surface area (Å²) in [4.78, 5) is 3.06. The summed E-state index contributed by atoms with van der Waals surface area (Å²) < 4.78 is 0. The topological polar surface area (TPSA) is 29.3 Å². The number of thiocarbonyl (C=S) groups is 1. The van der Waals surface area contributed by atoms with Crippen molar-refractivity contribution in [3.8, 4) is 0 Å². The maximum atomic E-state index is 5.79. The number of hydrogen-bond acceptors (Lipinski definition) is 2. The molecule has 1 saturated carbocycles. The van der Waals surface area contributed by atoms with E-state index in [9.17, 15) is 0 Å². The van der Waals surface area contributed by atoms with Crippen molar-refractivity contribution >= 4 is 17.2 Å². The fraction of sp³-hybridized carbons (Fsp3) is 0.917. The molecule has 2 nitrogen and oxygen atoms in total. The third-order valence-electron chi connectivity index (χ3n) is 3.80. The summed E-state index contributed by atoms with van der Waals surface area (Å²) in [5.74, 6) is 0.784. The maximum Gasteiger partial charge on any atom is 0.0901 e. The quantitative estimate of drug-likeness (QED) is 0.750. The molecule has 3 unspecified atom stereocenters. The molecule has 0 heterocycles. The van der Waals surface area contributed by atoms with Crippen LogP contribution in [0.2, 0.25) is 0 Å². The van der Waals surface area contributed by atoms with Gasteiger partial charge < -0.3 is 5.73 Å². The van der Waals surface area contributed by atoms with E-state index in [1.54, 1.807) is 0 Å². The predicted octanol–water partition coefficient (Wildman–Crippen LogP) is 2.56. The van der Waals surface area contributed by atoms with Crippen LogP contribution < -0.4 is 5.73 Å². The van der Waals surface area contributed by atoms with Crippen molar-refractivity contribution in [2.45, 2.75) is 58.0 Å². The predicted molar refractivity (Wildman–Crippen MR) is 70.0 cm³/mol. The summed E-state index contributed by atoms with van der Waals surface area (Å²) >= 11 is 5.14. The third kappa shape index (κ3) is 3.15. The highest BCUT2D eigenvalue weighted by Crippen LogP contribution is 2.28. The Bertz CT molecular complexity index is 218. The Labute approximate surface area is 99.2 Å². The van der Waals surface area contributed by atoms with Crippen LogP contribution in [-0.2, 0) is 0 Å². The first-order valence-corrected chi connectivity index (χ1v) is 6.50. The van der Waals surface area contributed by atoms with Crippen molar-refractivity contribution in [2.75, 3.05) is 7.05 Å². The summed E-state index contributed by atoms with van der Waals surface area (Å²) in [5, 5.41) is 0. The van der Waals surface area contributed by atoms with Gasteiger partial charge in [0.15, 0.2) is 0 Å². The van der Waals surface area contributed by atoms with Crippen molar-refractivity contribution in [1.82, 2.24) is 4.90 Å². The van der Waals surface area contributed by atoms with Crippen LogP contribution in [0.1, 0.15) is 46.0 Å². The zero-order chi connectivity index (χ0) is 11.4. The van der Waals surface area contributed by atoms with Crippen LogP contribution in [-0.4, -0.2) is 29.0 Å². The lowest BCUT2D eigenvalue weighted by Crippen LogP contribution is -2.49. The van der Waals surface area contributed by atoms with E-state index < -0.39 is 0 Å². The molecule has 0 amide bonds. The van der Waals surface area contributed by atoms with Gasteiger partial charge in [0.25, 0.3) is 0 Å². The Kier molecular flexibility index (Phi) is 5.00. The normalized spacial score (nSPS) is 29.1. The number of nitrogens with zero attached hydrogens (tertiary/aromatic N) is 1. The molecular formula is C12H24N2S. The molecule has 3 atom stereocenters. The maximum absolute atomic E-state index is 5.79. The van der Waals surface area contributed by atoms with Crippen LogP contribution in [0.25, 0.3) is 0 Å². The second-order valence-corrected chi connectivity index (χ2v) is 5.29. The minimum atomic E-state index is 0.283. The fourth-order valence-electron chi connectivity index (χ4n) is 2.82. The zero-order valence-electron chi connectivity index (χ0n) is 10.2. The minimum absolute atomic E-state index is 0.283. The number of hydrogen-bond donors (Lipinski definition) is 1. The van der Waals surface area contributed by atoms with Crippen LogP contribution in [0.3, 0.4) is 0 Å². The molecule has 1 aliphatic carbocycles. The van der Waals surface area contributed by atoms with Crippen molar-refractivity contribution in [2.24, 2.45) is 11.7 Å². The molecule has 0 saturated heterocycles. The number of nitrogens with two attached hydrogens (primary N) is 1. The van der Waals surface area contributed by atoms with E-state index in [2.05, 4.69) is 25.8 Å². The van der Waals surface area contributed by atoms with Crippen LogP contribution in [0.4, 0.5) is 0 Å². The van der Waals surface area contributed by atoms with Crippen molar-refractivity contribution in [1.29, 1.82) is 0 Å². The molecule has 0 bridgehead atoms. The van der Waals surface area contributed by atoms with E-state index in [0.29, 0.717) is 11.0 Å². The van der Waals surface area contributed by atoms with Gasteiger partial charge in [0, 0.05) is 6.04 Å². The van der Waals surface area contributed by atoms with Gasteiger partial charge in [0.1, 0.15) is 0 Å². The monoisotopic (exact) mass is 228 g/mol. The number of rotatable bonds is 4. The lowest BCUT2D eigenvalue weighted by Gasteiger charge is -2.40. The summed E-state index contributed by atoms with van der Waals surface area (Å²) in [6, 6.07) is 0.954. The van der Waals surface area contributed by atoms with E-state index in [1.807, 2.05) is 0 Å². The van der Waals surface area contributed by atoms with E-state index in [0.717, 1.165) is 12.3 Å². The lowest BCUT2D eigenvalue weighted by molar-refractivity contribution is 0.120. The first-order chi connectivity index (χ1) is 7.07.